The fraction of sp³-hybridized carbons (Fsp3) is 0.373. The number of methoxy groups -OCH3 is 4. The number of aliphatic hydroxyl groups is 2. The lowest BCUT2D eigenvalue weighted by Crippen LogP contribution is -2.53. The first-order valence-electron chi connectivity index (χ1n) is 24.4. The maximum atomic E-state index is 14.7. The van der Waals surface area contributed by atoms with Crippen molar-refractivity contribution in [3.05, 3.63) is 116 Å². The highest BCUT2D eigenvalue weighted by atomic mass is 32.2. The number of carbonyl (C=O) groups excluding carboxylic acids is 2. The van der Waals surface area contributed by atoms with E-state index in [1.807, 2.05) is 24.3 Å². The van der Waals surface area contributed by atoms with Gasteiger partial charge in [0.1, 0.15) is 65.5 Å². The largest absolute Gasteiger partial charge is 0.511 e. The summed E-state index contributed by atoms with van der Waals surface area (Å²) in [5.74, 6) is -2.05. The van der Waals surface area contributed by atoms with Gasteiger partial charge in [-0.2, -0.15) is 21.1 Å². The molecular formula is C51H51N7O14S5. The number of rotatable bonds is 15. The number of ether oxygens (including phenoxy) is 4. The second kappa shape index (κ2) is 18.5. The van der Waals surface area contributed by atoms with Crippen LogP contribution in [0, 0.1) is 35.5 Å². The van der Waals surface area contributed by atoms with E-state index in [1.54, 1.807) is 46.2 Å². The van der Waals surface area contributed by atoms with Crippen LogP contribution >= 0.6 is 22.7 Å². The predicted octanol–water partition coefficient (Wildman–Crippen LogP) is 5.92. The smallest absolute Gasteiger partial charge is 0.287 e. The van der Waals surface area contributed by atoms with Crippen LogP contribution in [0.1, 0.15) is 35.1 Å². The highest BCUT2D eigenvalue weighted by Gasteiger charge is 2.57. The van der Waals surface area contributed by atoms with Gasteiger partial charge in [0.25, 0.3) is 31.9 Å². The van der Waals surface area contributed by atoms with E-state index < -0.39 is 78.9 Å². The van der Waals surface area contributed by atoms with Gasteiger partial charge in [0.15, 0.2) is 11.7 Å². The van der Waals surface area contributed by atoms with Crippen molar-refractivity contribution < 1.29 is 64.0 Å². The molecule has 12 rings (SSSR count). The first-order chi connectivity index (χ1) is 36.7. The molecule has 4 aliphatic heterocycles. The van der Waals surface area contributed by atoms with E-state index in [0.717, 1.165) is 33.2 Å². The highest BCUT2D eigenvalue weighted by molar-refractivity contribution is 7.91. The lowest BCUT2D eigenvalue weighted by atomic mass is 9.80. The van der Waals surface area contributed by atoms with E-state index in [-0.39, 0.29) is 102 Å². The molecule has 8 aliphatic rings. The Labute approximate surface area is 451 Å². The van der Waals surface area contributed by atoms with Gasteiger partial charge in [-0.15, -0.1) is 31.5 Å². The number of thiophene rings is 2. The van der Waals surface area contributed by atoms with Gasteiger partial charge < -0.3 is 49.6 Å². The topological polar surface area (TPSA) is 272 Å². The number of sulfonamides is 3. The van der Waals surface area contributed by atoms with Gasteiger partial charge in [0.2, 0.25) is 10.0 Å². The Balaban J connectivity index is 0.820. The van der Waals surface area contributed by atoms with Gasteiger partial charge in [0.05, 0.1) is 34.7 Å². The monoisotopic (exact) mass is 1150 g/mol. The van der Waals surface area contributed by atoms with Crippen molar-refractivity contribution in [1.29, 1.82) is 0 Å². The normalized spacial score (nSPS) is 27.0. The Morgan fingerprint density at radius 2 is 1.04 bits per heavy atom. The molecule has 2 saturated carbocycles. The molecule has 2 aromatic carbocycles. The van der Waals surface area contributed by atoms with Crippen LogP contribution in [0.3, 0.4) is 0 Å². The van der Waals surface area contributed by atoms with Crippen molar-refractivity contribution in [2.45, 2.75) is 60.9 Å². The fourth-order valence-corrected chi connectivity index (χ4v) is 18.5. The highest BCUT2D eigenvalue weighted by Crippen LogP contribution is 2.55. The van der Waals surface area contributed by atoms with Gasteiger partial charge >= 0.3 is 0 Å². The summed E-state index contributed by atoms with van der Waals surface area (Å²) in [5.41, 5.74) is 0.734. The zero-order valence-electron chi connectivity index (χ0n) is 41.9. The molecule has 26 heteroatoms. The van der Waals surface area contributed by atoms with Gasteiger partial charge in [0, 0.05) is 84.5 Å². The number of hydrogen-bond acceptors (Lipinski definition) is 18. The summed E-state index contributed by atoms with van der Waals surface area (Å²) < 4.78 is 116. The van der Waals surface area contributed by atoms with Crippen molar-refractivity contribution in [2.75, 3.05) is 45.3 Å². The number of benzene rings is 2. The third-order valence-corrected chi connectivity index (χ3v) is 22.1. The average Bonchev–Trinajstić information content (AvgIpc) is 4.31. The Hall–Kier alpha value is -6.71. The standard InChI is InChI=1S/C51H51N7O14S5/c1-69-32-12-10-28(34(16-32)71-3)20-57-40-26-8-6-24(14-26)36(40)42(59)38(50(57)61)46-52-48-44(76(65,66)54-46)30(22-73-48)18-56(75(5,63)64)19-31-23-74-49-45(31)77(67,68)55-47(53-49)39-43(60)37-25-7-9-27(15-25)41(37)58(51(39)62)21-29-11-13-33(70-2)17-35(29)72-4/h6-13,16-17,22-27,36-37,40-41,59-60H,14-15,18-21H2,1-5H3,(H,52,54)(H,53,55). The van der Waals surface area contributed by atoms with E-state index in [1.165, 1.54) is 39.2 Å². The molecule has 4 aromatic rings. The molecule has 0 saturated heterocycles. The number of aliphatic hydroxyl groups excluding tert-OH is 2. The van der Waals surface area contributed by atoms with Crippen molar-refractivity contribution in [3.8, 4) is 23.0 Å². The molecule has 404 valence electrons. The molecule has 8 unspecified atom stereocenters. The summed E-state index contributed by atoms with van der Waals surface area (Å²) in [6.07, 6.45) is 10.3. The molecule has 2 amide bonds. The summed E-state index contributed by atoms with van der Waals surface area (Å²) in [5, 5.41) is 32.7. The second-order valence-electron chi connectivity index (χ2n) is 20.1. The van der Waals surface area contributed by atoms with Crippen LogP contribution < -0.4 is 29.6 Å². The summed E-state index contributed by atoms with van der Waals surface area (Å²) in [4.78, 5) is 32.0. The first kappa shape index (κ1) is 51.1. The molecule has 8 atom stereocenters. The zero-order chi connectivity index (χ0) is 54.2. The van der Waals surface area contributed by atoms with Crippen molar-refractivity contribution in [1.82, 2.24) is 14.1 Å². The molecule has 4 N–H and O–H groups in total. The van der Waals surface area contributed by atoms with Crippen LogP contribution in [0.4, 0.5) is 10.0 Å². The lowest BCUT2D eigenvalue weighted by Gasteiger charge is -2.42. The predicted molar refractivity (Wildman–Crippen MR) is 285 cm³/mol. The van der Waals surface area contributed by atoms with E-state index in [9.17, 15) is 45.1 Å². The number of carbonyl (C=O) groups is 2. The maximum absolute atomic E-state index is 14.7. The average molecular weight is 1150 g/mol. The van der Waals surface area contributed by atoms with E-state index in [2.05, 4.69) is 19.4 Å². The van der Waals surface area contributed by atoms with E-state index >= 15 is 0 Å². The molecule has 0 spiro atoms. The first-order valence-corrected chi connectivity index (χ1v) is 30.9. The maximum Gasteiger partial charge on any atom is 0.287 e. The number of anilines is 2. The minimum Gasteiger partial charge on any atom is -0.511 e. The fourth-order valence-electron chi connectivity index (χ4n) is 12.6. The van der Waals surface area contributed by atoms with Gasteiger partial charge in [-0.05, 0) is 71.5 Å². The molecule has 21 nitrogen and oxygen atoms in total. The Morgan fingerprint density at radius 1 is 0.636 bits per heavy atom. The number of hydrogen-bond donors (Lipinski definition) is 4. The van der Waals surface area contributed by atoms with Crippen molar-refractivity contribution >= 4 is 86.2 Å². The van der Waals surface area contributed by atoms with E-state index in [4.69, 9.17) is 18.9 Å². The third-order valence-electron chi connectivity index (χ3n) is 16.0. The molecule has 77 heavy (non-hydrogen) atoms. The Morgan fingerprint density at radius 3 is 1.42 bits per heavy atom. The lowest BCUT2D eigenvalue weighted by molar-refractivity contribution is -0.133. The zero-order valence-corrected chi connectivity index (χ0v) is 45.9. The van der Waals surface area contributed by atoms with Crippen LogP contribution in [0.15, 0.2) is 113 Å². The second-order valence-corrected chi connectivity index (χ2v) is 26.9. The number of amides is 2. The number of nitrogens with one attached hydrogen (secondary N) is 2. The van der Waals surface area contributed by atoms with Crippen LogP contribution in [0.2, 0.25) is 0 Å². The molecule has 4 aliphatic carbocycles. The molecule has 0 radical (unpaired) electrons. The molecule has 4 bridgehead atoms. The molecular weight excluding hydrogens is 1090 g/mol. The minimum absolute atomic E-state index is 0.0135. The summed E-state index contributed by atoms with van der Waals surface area (Å²) in [7, 11) is -7.56. The molecule has 2 aromatic heterocycles. The van der Waals surface area contributed by atoms with Crippen molar-refractivity contribution in [3.63, 3.8) is 0 Å². The minimum atomic E-state index is -4.69. The number of nitrogens with zero attached hydrogens (tertiary/aromatic N) is 5. The van der Waals surface area contributed by atoms with Gasteiger partial charge in [-0.1, -0.05) is 24.3 Å². The quantitative estimate of drug-likeness (QED) is 0.101. The summed E-state index contributed by atoms with van der Waals surface area (Å²) >= 11 is 1.85. The van der Waals surface area contributed by atoms with Gasteiger partial charge in [-0.25, -0.2) is 8.42 Å². The Bertz CT molecular complexity index is 3560. The van der Waals surface area contributed by atoms with Crippen LogP contribution in [0.25, 0.3) is 0 Å². The van der Waals surface area contributed by atoms with Crippen LogP contribution in [-0.4, -0.2) is 120 Å². The molecule has 2 fully saturated rings. The number of amidine groups is 2. The third kappa shape index (κ3) is 8.23. The SMILES string of the molecule is COc1ccc(CN2C(=O)C(C3=NS(=O)(=O)c4c(CN(Cc5csc6c5S(=O)(=O)N=C(C5=C(O)C7C8C=CC(C8)C7N(Cc7ccc(OC)cc7OC)C5=O)N6)S(C)(=O)=O)csc4N3)=C(O)C3C4C=CC(C4)C32)c(OC)c1. The Kier molecular flexibility index (Phi) is 12.2. The number of allylic oxidation sites excluding steroid dienone is 2. The van der Waals surface area contributed by atoms with Crippen LogP contribution in [-0.2, 0) is 65.8 Å². The summed E-state index contributed by atoms with van der Waals surface area (Å²) in [6, 6.07) is 9.57. The van der Waals surface area contributed by atoms with E-state index in [0.29, 0.717) is 47.0 Å². The summed E-state index contributed by atoms with van der Waals surface area (Å²) in [6.45, 7) is -0.959. The number of fused-ring (bicyclic) bond motifs is 12. The van der Waals surface area contributed by atoms with Crippen LogP contribution in [0.5, 0.6) is 23.0 Å². The van der Waals surface area contributed by atoms with Crippen molar-refractivity contribution in [2.24, 2.45) is 44.3 Å². The molecule has 6 heterocycles. The van der Waals surface area contributed by atoms with Gasteiger partial charge in [-0.3, -0.25) is 9.59 Å².